The van der Waals surface area contributed by atoms with E-state index in [1.807, 2.05) is 0 Å². The van der Waals surface area contributed by atoms with Crippen LogP contribution < -0.4 is 11.1 Å². The first-order valence-corrected chi connectivity index (χ1v) is 6.96. The van der Waals surface area contributed by atoms with E-state index in [1.165, 1.54) is 10.3 Å². The van der Waals surface area contributed by atoms with Crippen LogP contribution in [0.15, 0.2) is 5.38 Å². The number of carboxylic acid groups (broad SMARTS) is 1. The number of rotatable bonds is 4. The van der Waals surface area contributed by atoms with Crippen LogP contribution in [0.5, 0.6) is 0 Å². The van der Waals surface area contributed by atoms with E-state index in [0.29, 0.717) is 11.6 Å². The Balaban J connectivity index is 1.93. The molecule has 1 aromatic heterocycles. The molecule has 0 bridgehead atoms. The van der Waals surface area contributed by atoms with Crippen LogP contribution in [0.2, 0.25) is 0 Å². The van der Waals surface area contributed by atoms with Crippen LogP contribution in [-0.2, 0) is 16.1 Å². The summed E-state index contributed by atoms with van der Waals surface area (Å²) in [4.78, 5) is 39.2. The molecule has 0 aromatic carbocycles. The minimum Gasteiger partial charge on any atom is -0.476 e. The van der Waals surface area contributed by atoms with E-state index in [4.69, 9.17) is 15.6 Å². The second-order valence-corrected chi connectivity index (χ2v) is 5.22. The second-order valence-electron chi connectivity index (χ2n) is 4.28. The van der Waals surface area contributed by atoms with E-state index < -0.39 is 23.9 Å². The van der Waals surface area contributed by atoms with E-state index in [-0.39, 0.29) is 25.4 Å². The number of primary amides is 1. The summed E-state index contributed by atoms with van der Waals surface area (Å²) < 4.78 is 5.12. The van der Waals surface area contributed by atoms with Crippen LogP contribution in [0.1, 0.15) is 15.5 Å². The zero-order chi connectivity index (χ0) is 15.4. The first-order valence-electron chi connectivity index (χ1n) is 6.08. The zero-order valence-electron chi connectivity index (χ0n) is 10.9. The molecular weight excluding hydrogens is 300 g/mol. The van der Waals surface area contributed by atoms with Crippen molar-refractivity contribution in [2.75, 3.05) is 19.8 Å². The third-order valence-electron chi connectivity index (χ3n) is 2.88. The number of thiazole rings is 1. The number of hydrogen-bond donors (Lipinski definition) is 3. The molecule has 1 aliphatic heterocycles. The third-order valence-corrected chi connectivity index (χ3v) is 3.73. The van der Waals surface area contributed by atoms with E-state index in [2.05, 4.69) is 10.3 Å². The maximum atomic E-state index is 12.0. The van der Waals surface area contributed by atoms with Gasteiger partial charge in [0.25, 0.3) is 0 Å². The van der Waals surface area contributed by atoms with Gasteiger partial charge in [-0.25, -0.2) is 14.6 Å². The van der Waals surface area contributed by atoms with Crippen LogP contribution in [0.3, 0.4) is 0 Å². The SMILES string of the molecule is NC(=O)C1COCCN1C(=O)NCc1nc(C(=O)O)cs1. The van der Waals surface area contributed by atoms with Gasteiger partial charge in [0.1, 0.15) is 11.0 Å². The molecule has 0 saturated carbocycles. The molecule has 10 heteroatoms. The Labute approximate surface area is 123 Å². The molecule has 9 nitrogen and oxygen atoms in total. The smallest absolute Gasteiger partial charge is 0.355 e. The fourth-order valence-electron chi connectivity index (χ4n) is 1.83. The van der Waals surface area contributed by atoms with Crippen molar-refractivity contribution in [3.8, 4) is 0 Å². The summed E-state index contributed by atoms with van der Waals surface area (Å²) in [6.45, 7) is 0.748. The highest BCUT2D eigenvalue weighted by Gasteiger charge is 2.31. The minimum atomic E-state index is -1.12. The van der Waals surface area contributed by atoms with Gasteiger partial charge in [-0.2, -0.15) is 0 Å². The average Bonchev–Trinajstić information content (AvgIpc) is 2.94. The Hall–Kier alpha value is -2.20. The average molecular weight is 314 g/mol. The van der Waals surface area contributed by atoms with Crippen LogP contribution in [0, 0.1) is 0 Å². The van der Waals surface area contributed by atoms with Crippen molar-refractivity contribution < 1.29 is 24.2 Å². The lowest BCUT2D eigenvalue weighted by Gasteiger charge is -2.33. The van der Waals surface area contributed by atoms with Gasteiger partial charge in [0.2, 0.25) is 5.91 Å². The number of nitrogens with zero attached hydrogens (tertiary/aromatic N) is 2. The van der Waals surface area contributed by atoms with Gasteiger partial charge in [-0.3, -0.25) is 4.79 Å². The number of aromatic nitrogens is 1. The van der Waals surface area contributed by atoms with Gasteiger partial charge in [0.05, 0.1) is 19.8 Å². The number of urea groups is 1. The van der Waals surface area contributed by atoms with E-state index in [1.54, 1.807) is 0 Å². The van der Waals surface area contributed by atoms with Crippen molar-refractivity contribution in [2.45, 2.75) is 12.6 Å². The standard InChI is InChI=1S/C11H14N4O5S/c12-9(16)7-4-20-2-1-15(7)11(19)13-3-8-14-6(5-21-8)10(17)18/h5,7H,1-4H2,(H2,12,16)(H,13,19)(H,17,18). The number of morpholine rings is 1. The molecular formula is C11H14N4O5S. The first kappa shape index (κ1) is 15.2. The van der Waals surface area contributed by atoms with E-state index in [9.17, 15) is 14.4 Å². The maximum Gasteiger partial charge on any atom is 0.355 e. The third kappa shape index (κ3) is 3.67. The molecule has 0 aliphatic carbocycles. The predicted octanol–water partition coefficient (Wildman–Crippen LogP) is -0.763. The summed E-state index contributed by atoms with van der Waals surface area (Å²) in [5.41, 5.74) is 5.16. The Morgan fingerprint density at radius 2 is 2.33 bits per heavy atom. The maximum absolute atomic E-state index is 12.0. The number of hydrogen-bond acceptors (Lipinski definition) is 6. The number of carbonyl (C=O) groups excluding carboxylic acids is 2. The van der Waals surface area contributed by atoms with Crippen LogP contribution >= 0.6 is 11.3 Å². The molecule has 114 valence electrons. The van der Waals surface area contributed by atoms with Crippen molar-refractivity contribution in [1.29, 1.82) is 0 Å². The monoisotopic (exact) mass is 314 g/mol. The Bertz CT molecular complexity index is 561. The zero-order valence-corrected chi connectivity index (χ0v) is 11.8. The molecule has 1 atom stereocenters. The normalized spacial score (nSPS) is 18.3. The lowest BCUT2D eigenvalue weighted by Crippen LogP contribution is -2.57. The van der Waals surface area contributed by atoms with Crippen molar-refractivity contribution in [1.82, 2.24) is 15.2 Å². The van der Waals surface area contributed by atoms with Gasteiger partial charge < -0.3 is 25.8 Å². The van der Waals surface area contributed by atoms with Crippen molar-refractivity contribution in [3.63, 3.8) is 0 Å². The lowest BCUT2D eigenvalue weighted by molar-refractivity contribution is -0.127. The van der Waals surface area contributed by atoms with Gasteiger partial charge in [0.15, 0.2) is 5.69 Å². The molecule has 1 unspecified atom stereocenters. The lowest BCUT2D eigenvalue weighted by atomic mass is 10.2. The molecule has 0 radical (unpaired) electrons. The number of ether oxygens (including phenoxy) is 1. The number of carbonyl (C=O) groups is 3. The molecule has 3 amide bonds. The van der Waals surface area contributed by atoms with Gasteiger partial charge in [-0.1, -0.05) is 0 Å². The number of aromatic carboxylic acids is 1. The summed E-state index contributed by atoms with van der Waals surface area (Å²) in [7, 11) is 0. The number of amides is 3. The predicted molar refractivity (Wildman–Crippen MR) is 71.8 cm³/mol. The van der Waals surface area contributed by atoms with Gasteiger partial charge in [-0.05, 0) is 0 Å². The van der Waals surface area contributed by atoms with Crippen molar-refractivity contribution >= 4 is 29.2 Å². The van der Waals surface area contributed by atoms with Crippen LogP contribution in [0.25, 0.3) is 0 Å². The summed E-state index contributed by atoms with van der Waals surface area (Å²) in [6, 6.07) is -1.26. The Morgan fingerprint density at radius 1 is 1.57 bits per heavy atom. The van der Waals surface area contributed by atoms with Crippen molar-refractivity contribution in [3.05, 3.63) is 16.1 Å². The summed E-state index contributed by atoms with van der Waals surface area (Å²) >= 11 is 1.13. The first-order chi connectivity index (χ1) is 9.99. The highest BCUT2D eigenvalue weighted by Crippen LogP contribution is 2.11. The van der Waals surface area contributed by atoms with Gasteiger partial charge in [-0.15, -0.1) is 11.3 Å². The topological polar surface area (TPSA) is 135 Å². The van der Waals surface area contributed by atoms with Gasteiger partial charge >= 0.3 is 12.0 Å². The van der Waals surface area contributed by atoms with E-state index in [0.717, 1.165) is 11.3 Å². The highest BCUT2D eigenvalue weighted by molar-refractivity contribution is 7.09. The largest absolute Gasteiger partial charge is 0.476 e. The summed E-state index contributed by atoms with van der Waals surface area (Å²) in [5, 5.41) is 13.2. The molecule has 2 rings (SSSR count). The summed E-state index contributed by atoms with van der Waals surface area (Å²) in [6.07, 6.45) is 0. The Morgan fingerprint density at radius 3 is 2.95 bits per heavy atom. The molecule has 0 spiro atoms. The summed E-state index contributed by atoms with van der Waals surface area (Å²) in [5.74, 6) is -1.75. The highest BCUT2D eigenvalue weighted by atomic mass is 32.1. The molecule has 2 heterocycles. The van der Waals surface area contributed by atoms with Gasteiger partial charge in [0, 0.05) is 11.9 Å². The number of carboxylic acids is 1. The van der Waals surface area contributed by atoms with Crippen LogP contribution in [-0.4, -0.2) is 58.7 Å². The van der Waals surface area contributed by atoms with Crippen LogP contribution in [0.4, 0.5) is 4.79 Å². The quantitative estimate of drug-likeness (QED) is 0.668. The molecule has 1 aliphatic rings. The second kappa shape index (κ2) is 6.50. The molecule has 21 heavy (non-hydrogen) atoms. The number of nitrogens with two attached hydrogens (primary N) is 1. The minimum absolute atomic E-state index is 0.0642. The molecule has 1 saturated heterocycles. The molecule has 1 aromatic rings. The Kier molecular flexibility index (Phi) is 4.70. The molecule has 1 fully saturated rings. The fraction of sp³-hybridized carbons (Fsp3) is 0.455. The van der Waals surface area contributed by atoms with Crippen molar-refractivity contribution in [2.24, 2.45) is 5.73 Å². The van der Waals surface area contributed by atoms with E-state index >= 15 is 0 Å². The fourth-order valence-corrected chi connectivity index (χ4v) is 2.53. The molecule has 4 N–H and O–H groups in total. The number of nitrogens with one attached hydrogen (secondary N) is 1.